The lowest BCUT2D eigenvalue weighted by Gasteiger charge is -2.28. The van der Waals surface area contributed by atoms with Crippen LogP contribution in [0.1, 0.15) is 22.3 Å². The number of methoxy groups -OCH3 is 1. The average molecular weight is 506 g/mol. The van der Waals surface area contributed by atoms with Gasteiger partial charge < -0.3 is 9.47 Å². The fourth-order valence-electron chi connectivity index (χ4n) is 5.20. The van der Waals surface area contributed by atoms with E-state index in [2.05, 4.69) is 102 Å². The van der Waals surface area contributed by atoms with E-state index < -0.39 is 0 Å². The summed E-state index contributed by atoms with van der Waals surface area (Å²) in [5.41, 5.74) is 6.86. The zero-order valence-electron chi connectivity index (χ0n) is 21.2. The standard InChI is InChI=1S/C33H31NO2S/c1-35-29-15-16-30-31(33(37-32(30)22-29)26-8-3-2-4-9-26)21-24-11-13-28(14-12-24)36-20-19-34-18-17-25-7-5-6-10-27(25)23-34/h2-16,22H,17-21,23H2,1H3. The predicted octanol–water partition coefficient (Wildman–Crippen LogP) is 7.60. The van der Waals surface area contributed by atoms with Gasteiger partial charge in [0.2, 0.25) is 0 Å². The Morgan fingerprint density at radius 2 is 1.57 bits per heavy atom. The van der Waals surface area contributed by atoms with Crippen LogP contribution in [-0.4, -0.2) is 31.7 Å². The van der Waals surface area contributed by atoms with Gasteiger partial charge in [-0.05, 0) is 76.4 Å². The molecule has 0 radical (unpaired) electrons. The third kappa shape index (κ3) is 5.27. The van der Waals surface area contributed by atoms with Gasteiger partial charge in [-0.3, -0.25) is 4.90 Å². The molecule has 0 atom stereocenters. The van der Waals surface area contributed by atoms with Crippen molar-refractivity contribution in [3.63, 3.8) is 0 Å². The van der Waals surface area contributed by atoms with Crippen LogP contribution in [0.25, 0.3) is 20.5 Å². The minimum atomic E-state index is 0.705. The lowest BCUT2D eigenvalue weighted by Crippen LogP contribution is -2.33. The molecule has 0 saturated carbocycles. The Labute approximate surface area is 222 Å². The Hall–Kier alpha value is -3.60. The van der Waals surface area contributed by atoms with Crippen LogP contribution in [-0.2, 0) is 19.4 Å². The van der Waals surface area contributed by atoms with Gasteiger partial charge in [-0.15, -0.1) is 11.3 Å². The lowest BCUT2D eigenvalue weighted by atomic mass is 9.99. The first-order valence-electron chi connectivity index (χ1n) is 12.9. The Balaban J connectivity index is 1.14. The lowest BCUT2D eigenvalue weighted by molar-refractivity contribution is 0.196. The van der Waals surface area contributed by atoms with E-state index in [0.29, 0.717) is 6.61 Å². The number of fused-ring (bicyclic) bond motifs is 2. The predicted molar refractivity (Wildman–Crippen MR) is 154 cm³/mol. The summed E-state index contributed by atoms with van der Waals surface area (Å²) in [4.78, 5) is 3.81. The van der Waals surface area contributed by atoms with E-state index in [0.717, 1.165) is 44.0 Å². The van der Waals surface area contributed by atoms with E-state index >= 15 is 0 Å². The third-order valence-corrected chi connectivity index (χ3v) is 8.47. The summed E-state index contributed by atoms with van der Waals surface area (Å²) in [5, 5.41) is 1.30. The van der Waals surface area contributed by atoms with E-state index in [-0.39, 0.29) is 0 Å². The molecule has 5 aromatic rings. The van der Waals surface area contributed by atoms with Crippen LogP contribution in [0.4, 0.5) is 0 Å². The number of ether oxygens (including phenoxy) is 2. The van der Waals surface area contributed by atoms with Crippen molar-refractivity contribution in [2.75, 3.05) is 26.8 Å². The first-order valence-corrected chi connectivity index (χ1v) is 13.7. The van der Waals surface area contributed by atoms with Gasteiger partial charge in [0.05, 0.1) is 7.11 Å². The molecule has 0 fully saturated rings. The molecule has 2 heterocycles. The highest BCUT2D eigenvalue weighted by Crippen LogP contribution is 2.41. The number of nitrogens with zero attached hydrogens (tertiary/aromatic N) is 1. The van der Waals surface area contributed by atoms with Gasteiger partial charge in [0.1, 0.15) is 18.1 Å². The van der Waals surface area contributed by atoms with Crippen molar-refractivity contribution < 1.29 is 9.47 Å². The molecule has 37 heavy (non-hydrogen) atoms. The van der Waals surface area contributed by atoms with Gasteiger partial charge in [0, 0.05) is 29.2 Å². The molecule has 0 bridgehead atoms. The first kappa shape index (κ1) is 23.8. The second kappa shape index (κ2) is 10.8. The summed E-state index contributed by atoms with van der Waals surface area (Å²) in [6, 6.07) is 34.5. The molecule has 0 spiro atoms. The van der Waals surface area contributed by atoms with Gasteiger partial charge in [0.15, 0.2) is 0 Å². The monoisotopic (exact) mass is 505 g/mol. The van der Waals surface area contributed by atoms with Gasteiger partial charge in [-0.2, -0.15) is 0 Å². The highest BCUT2D eigenvalue weighted by atomic mass is 32.1. The topological polar surface area (TPSA) is 21.7 Å². The minimum absolute atomic E-state index is 0.705. The average Bonchev–Trinajstić information content (AvgIpc) is 3.31. The maximum Gasteiger partial charge on any atom is 0.120 e. The van der Waals surface area contributed by atoms with Crippen molar-refractivity contribution in [2.24, 2.45) is 0 Å². The number of hydrogen-bond acceptors (Lipinski definition) is 4. The smallest absolute Gasteiger partial charge is 0.120 e. The summed E-state index contributed by atoms with van der Waals surface area (Å²) in [5.74, 6) is 1.83. The van der Waals surface area contributed by atoms with Crippen LogP contribution in [0, 0.1) is 0 Å². The maximum atomic E-state index is 6.12. The van der Waals surface area contributed by atoms with Crippen molar-refractivity contribution in [1.29, 1.82) is 0 Å². The summed E-state index contributed by atoms with van der Waals surface area (Å²) in [6.45, 7) is 3.77. The van der Waals surface area contributed by atoms with E-state index in [1.54, 1.807) is 7.11 Å². The molecule has 1 aliphatic heterocycles. The fraction of sp³-hybridized carbons (Fsp3) is 0.212. The molecule has 4 heteroatoms. The Kier molecular flexibility index (Phi) is 6.94. The molecule has 186 valence electrons. The molecule has 0 amide bonds. The number of hydrogen-bond donors (Lipinski definition) is 0. The van der Waals surface area contributed by atoms with Crippen LogP contribution in [0.2, 0.25) is 0 Å². The molecule has 0 saturated heterocycles. The molecular weight excluding hydrogens is 474 g/mol. The molecule has 1 aliphatic rings. The molecule has 0 N–H and O–H groups in total. The largest absolute Gasteiger partial charge is 0.497 e. The normalized spacial score (nSPS) is 13.4. The Bertz CT molecular complexity index is 1490. The van der Waals surface area contributed by atoms with E-state index in [1.165, 1.54) is 42.8 Å². The van der Waals surface area contributed by atoms with Crippen molar-refractivity contribution in [1.82, 2.24) is 4.90 Å². The summed E-state index contributed by atoms with van der Waals surface area (Å²) in [7, 11) is 1.73. The molecule has 1 aromatic heterocycles. The van der Waals surface area contributed by atoms with Crippen LogP contribution in [0.3, 0.4) is 0 Å². The molecule has 6 rings (SSSR count). The zero-order valence-corrected chi connectivity index (χ0v) is 22.0. The zero-order chi connectivity index (χ0) is 25.0. The minimum Gasteiger partial charge on any atom is -0.497 e. The van der Waals surface area contributed by atoms with Crippen LogP contribution < -0.4 is 9.47 Å². The van der Waals surface area contributed by atoms with E-state index in [9.17, 15) is 0 Å². The van der Waals surface area contributed by atoms with Crippen molar-refractivity contribution in [3.8, 4) is 21.9 Å². The highest BCUT2D eigenvalue weighted by Gasteiger charge is 2.16. The molecule has 3 nitrogen and oxygen atoms in total. The Morgan fingerprint density at radius 1 is 0.811 bits per heavy atom. The van der Waals surface area contributed by atoms with Gasteiger partial charge in [-0.25, -0.2) is 0 Å². The summed E-state index contributed by atoms with van der Waals surface area (Å²) < 4.78 is 12.9. The van der Waals surface area contributed by atoms with Crippen molar-refractivity contribution >= 4 is 21.4 Å². The van der Waals surface area contributed by atoms with E-state index in [4.69, 9.17) is 9.47 Å². The highest BCUT2D eigenvalue weighted by molar-refractivity contribution is 7.22. The SMILES string of the molecule is COc1ccc2c(Cc3ccc(OCCN4CCc5ccccc5C4)cc3)c(-c3ccccc3)sc2c1. The molecule has 0 unspecified atom stereocenters. The Morgan fingerprint density at radius 3 is 2.38 bits per heavy atom. The second-order valence-electron chi connectivity index (χ2n) is 9.60. The van der Waals surface area contributed by atoms with Crippen molar-refractivity contribution in [3.05, 3.63) is 119 Å². The van der Waals surface area contributed by atoms with Gasteiger partial charge in [0.25, 0.3) is 0 Å². The van der Waals surface area contributed by atoms with Gasteiger partial charge >= 0.3 is 0 Å². The number of thiophene rings is 1. The molecule has 4 aromatic carbocycles. The molecular formula is C33H31NO2S. The van der Waals surface area contributed by atoms with Crippen LogP contribution >= 0.6 is 11.3 Å². The number of rotatable bonds is 8. The van der Waals surface area contributed by atoms with Gasteiger partial charge in [-0.1, -0.05) is 66.7 Å². The first-order chi connectivity index (χ1) is 18.3. The fourth-order valence-corrected chi connectivity index (χ4v) is 6.46. The van der Waals surface area contributed by atoms with Crippen LogP contribution in [0.5, 0.6) is 11.5 Å². The number of benzene rings is 4. The van der Waals surface area contributed by atoms with Crippen LogP contribution in [0.15, 0.2) is 97.1 Å². The quantitative estimate of drug-likeness (QED) is 0.217. The third-order valence-electron chi connectivity index (χ3n) is 7.23. The van der Waals surface area contributed by atoms with Crippen molar-refractivity contribution in [2.45, 2.75) is 19.4 Å². The summed E-state index contributed by atoms with van der Waals surface area (Å²) >= 11 is 1.84. The maximum absolute atomic E-state index is 6.12. The second-order valence-corrected chi connectivity index (χ2v) is 10.7. The van der Waals surface area contributed by atoms with E-state index in [1.807, 2.05) is 11.3 Å². The summed E-state index contributed by atoms with van der Waals surface area (Å²) in [6.07, 6.45) is 2.00. The molecule has 0 aliphatic carbocycles.